The van der Waals surface area contributed by atoms with E-state index in [-0.39, 0.29) is 10.8 Å². The number of hydrogen-bond acceptors (Lipinski definition) is 3. The van der Waals surface area contributed by atoms with Crippen molar-refractivity contribution in [2.45, 2.75) is 38.1 Å². The van der Waals surface area contributed by atoms with Crippen molar-refractivity contribution in [3.63, 3.8) is 0 Å². The first kappa shape index (κ1) is 21.6. The van der Waals surface area contributed by atoms with Gasteiger partial charge in [0, 0.05) is 12.1 Å². The number of carbonyl (C=O) groups excluding carboxylic acids is 1. The molecular weight excluding hydrogens is 396 g/mol. The largest absolute Gasteiger partial charge is 0.348 e. The van der Waals surface area contributed by atoms with Gasteiger partial charge in [0.25, 0.3) is 15.9 Å². The third kappa shape index (κ3) is 5.27. The highest BCUT2D eigenvalue weighted by Gasteiger charge is 2.16. The van der Waals surface area contributed by atoms with Gasteiger partial charge in [-0.2, -0.15) is 0 Å². The van der Waals surface area contributed by atoms with E-state index in [1.54, 1.807) is 43.3 Å². The molecule has 0 aromatic heterocycles. The summed E-state index contributed by atoms with van der Waals surface area (Å²) in [7, 11) is -3.73. The van der Waals surface area contributed by atoms with Crippen LogP contribution < -0.4 is 10.0 Å². The Bertz CT molecular complexity index is 1120. The predicted octanol–water partition coefficient (Wildman–Crippen LogP) is 4.85. The Morgan fingerprint density at radius 2 is 1.60 bits per heavy atom. The number of amides is 1. The maximum absolute atomic E-state index is 12.6. The Balaban J connectivity index is 1.72. The Morgan fingerprint density at radius 3 is 2.23 bits per heavy atom. The van der Waals surface area contributed by atoms with Gasteiger partial charge in [0.1, 0.15) is 0 Å². The first-order valence-electron chi connectivity index (χ1n) is 9.82. The van der Waals surface area contributed by atoms with Crippen LogP contribution in [0.1, 0.15) is 46.8 Å². The van der Waals surface area contributed by atoms with Crippen LogP contribution >= 0.6 is 0 Å². The summed E-state index contributed by atoms with van der Waals surface area (Å²) in [4.78, 5) is 12.8. The molecule has 3 aromatic rings. The average molecular weight is 423 g/mol. The molecule has 0 atom stereocenters. The summed E-state index contributed by atoms with van der Waals surface area (Å²) in [6.07, 6.45) is 0. The fourth-order valence-corrected chi connectivity index (χ4v) is 4.12. The lowest BCUT2D eigenvalue weighted by atomic mass is 10.0. The molecule has 156 valence electrons. The van der Waals surface area contributed by atoms with Crippen LogP contribution in [0.25, 0.3) is 0 Å². The maximum Gasteiger partial charge on any atom is 0.261 e. The second kappa shape index (κ2) is 9.13. The SMILES string of the molecule is Cc1ccc(C(=O)NCc2ccc(C(C)C)cc2)cc1NS(=O)(=O)c1ccccc1. The van der Waals surface area contributed by atoms with E-state index >= 15 is 0 Å². The number of aryl methyl sites for hydroxylation is 1. The molecule has 0 aliphatic rings. The molecule has 3 rings (SSSR count). The third-order valence-electron chi connectivity index (χ3n) is 4.90. The molecule has 30 heavy (non-hydrogen) atoms. The summed E-state index contributed by atoms with van der Waals surface area (Å²) >= 11 is 0. The lowest BCUT2D eigenvalue weighted by Crippen LogP contribution is -2.23. The van der Waals surface area contributed by atoms with Crippen LogP contribution in [0, 0.1) is 6.92 Å². The van der Waals surface area contributed by atoms with Crippen molar-refractivity contribution >= 4 is 21.6 Å². The van der Waals surface area contributed by atoms with Gasteiger partial charge in [0.2, 0.25) is 0 Å². The van der Waals surface area contributed by atoms with Gasteiger partial charge in [0.15, 0.2) is 0 Å². The van der Waals surface area contributed by atoms with Gasteiger partial charge in [0.05, 0.1) is 10.6 Å². The highest BCUT2D eigenvalue weighted by molar-refractivity contribution is 7.92. The van der Waals surface area contributed by atoms with E-state index in [2.05, 4.69) is 36.0 Å². The quantitative estimate of drug-likeness (QED) is 0.572. The minimum absolute atomic E-state index is 0.170. The molecule has 0 radical (unpaired) electrons. The first-order chi connectivity index (χ1) is 14.3. The minimum Gasteiger partial charge on any atom is -0.348 e. The van der Waals surface area contributed by atoms with Crippen LogP contribution in [-0.4, -0.2) is 14.3 Å². The van der Waals surface area contributed by atoms with E-state index in [0.717, 1.165) is 11.1 Å². The molecule has 0 heterocycles. The van der Waals surface area contributed by atoms with Gasteiger partial charge in [-0.15, -0.1) is 0 Å². The lowest BCUT2D eigenvalue weighted by Gasteiger charge is -2.13. The standard InChI is InChI=1S/C24H26N2O3S/c1-17(2)20-13-10-19(11-14-20)16-25-24(27)21-12-9-18(3)23(15-21)26-30(28,29)22-7-5-4-6-8-22/h4-15,17,26H,16H2,1-3H3,(H,25,27). The van der Waals surface area contributed by atoms with Crippen molar-refractivity contribution in [2.75, 3.05) is 4.72 Å². The van der Waals surface area contributed by atoms with Crippen molar-refractivity contribution in [3.05, 3.63) is 95.1 Å². The van der Waals surface area contributed by atoms with Crippen LogP contribution in [0.2, 0.25) is 0 Å². The van der Waals surface area contributed by atoms with Crippen molar-refractivity contribution in [1.82, 2.24) is 5.32 Å². The monoisotopic (exact) mass is 422 g/mol. The zero-order valence-electron chi connectivity index (χ0n) is 17.3. The van der Waals surface area contributed by atoms with Crippen LogP contribution in [-0.2, 0) is 16.6 Å². The Morgan fingerprint density at radius 1 is 0.933 bits per heavy atom. The predicted molar refractivity (Wildman–Crippen MR) is 120 cm³/mol. The fourth-order valence-electron chi connectivity index (χ4n) is 2.98. The molecular formula is C24H26N2O3S. The average Bonchev–Trinajstić information content (AvgIpc) is 2.74. The van der Waals surface area contributed by atoms with Gasteiger partial charge in [-0.05, 0) is 53.8 Å². The summed E-state index contributed by atoms with van der Waals surface area (Å²) in [6.45, 7) is 6.46. The normalized spacial score (nSPS) is 11.3. The molecule has 0 fully saturated rings. The zero-order chi connectivity index (χ0) is 21.7. The van der Waals surface area contributed by atoms with Crippen LogP contribution in [0.5, 0.6) is 0 Å². The summed E-state index contributed by atoms with van der Waals surface area (Å²) in [5.41, 5.74) is 3.76. The van der Waals surface area contributed by atoms with E-state index in [1.807, 2.05) is 12.1 Å². The van der Waals surface area contributed by atoms with Gasteiger partial charge in [-0.25, -0.2) is 8.42 Å². The summed E-state index contributed by atoms with van der Waals surface area (Å²) in [5, 5.41) is 2.89. The summed E-state index contributed by atoms with van der Waals surface area (Å²) < 4.78 is 27.8. The first-order valence-corrected chi connectivity index (χ1v) is 11.3. The van der Waals surface area contributed by atoms with Gasteiger partial charge in [-0.3, -0.25) is 9.52 Å². The molecule has 3 aromatic carbocycles. The molecule has 6 heteroatoms. The smallest absolute Gasteiger partial charge is 0.261 e. The van der Waals surface area contributed by atoms with Crippen LogP contribution in [0.3, 0.4) is 0 Å². The molecule has 0 unspecified atom stereocenters. The number of carbonyl (C=O) groups is 1. The van der Waals surface area contributed by atoms with E-state index in [0.29, 0.717) is 23.7 Å². The lowest BCUT2D eigenvalue weighted by molar-refractivity contribution is 0.0951. The molecule has 0 bridgehead atoms. The number of hydrogen-bond donors (Lipinski definition) is 2. The van der Waals surface area contributed by atoms with Crippen molar-refractivity contribution in [3.8, 4) is 0 Å². The molecule has 0 aliphatic carbocycles. The van der Waals surface area contributed by atoms with Gasteiger partial charge < -0.3 is 5.32 Å². The summed E-state index contributed by atoms with van der Waals surface area (Å²) in [5.74, 6) is 0.197. The number of benzene rings is 3. The number of nitrogens with one attached hydrogen (secondary N) is 2. The number of rotatable bonds is 7. The molecule has 0 saturated heterocycles. The Labute approximate surface area is 178 Å². The summed E-state index contributed by atoms with van der Waals surface area (Å²) in [6, 6.07) is 21.3. The molecule has 0 aliphatic heterocycles. The highest BCUT2D eigenvalue weighted by atomic mass is 32.2. The van der Waals surface area contributed by atoms with Crippen LogP contribution in [0.15, 0.2) is 77.7 Å². The van der Waals surface area contributed by atoms with E-state index in [1.165, 1.54) is 17.7 Å². The van der Waals surface area contributed by atoms with E-state index < -0.39 is 10.0 Å². The zero-order valence-corrected chi connectivity index (χ0v) is 18.2. The van der Waals surface area contributed by atoms with Crippen molar-refractivity contribution in [2.24, 2.45) is 0 Å². The topological polar surface area (TPSA) is 75.3 Å². The second-order valence-corrected chi connectivity index (χ2v) is 9.21. The molecule has 2 N–H and O–H groups in total. The molecule has 5 nitrogen and oxygen atoms in total. The minimum atomic E-state index is -3.73. The highest BCUT2D eigenvalue weighted by Crippen LogP contribution is 2.21. The third-order valence-corrected chi connectivity index (χ3v) is 6.28. The fraction of sp³-hybridized carbons (Fsp3) is 0.208. The van der Waals surface area contributed by atoms with Gasteiger partial charge in [-0.1, -0.05) is 62.4 Å². The van der Waals surface area contributed by atoms with E-state index in [9.17, 15) is 13.2 Å². The molecule has 0 spiro atoms. The maximum atomic E-state index is 12.6. The van der Waals surface area contributed by atoms with E-state index in [4.69, 9.17) is 0 Å². The number of sulfonamides is 1. The Kier molecular flexibility index (Phi) is 6.57. The molecule has 1 amide bonds. The van der Waals surface area contributed by atoms with Crippen LogP contribution in [0.4, 0.5) is 5.69 Å². The Hall–Kier alpha value is -3.12. The van der Waals surface area contributed by atoms with Crippen molar-refractivity contribution in [1.29, 1.82) is 0 Å². The second-order valence-electron chi connectivity index (χ2n) is 7.53. The molecule has 0 saturated carbocycles. The van der Waals surface area contributed by atoms with Gasteiger partial charge >= 0.3 is 0 Å². The number of anilines is 1. The van der Waals surface area contributed by atoms with Crippen molar-refractivity contribution < 1.29 is 13.2 Å².